The zero-order valence-electron chi connectivity index (χ0n) is 11.9. The summed E-state index contributed by atoms with van der Waals surface area (Å²) in [5.74, 6) is -0.258. The number of rotatable bonds is 8. The fraction of sp³-hybridized carbons (Fsp3) is 0.533. The SMILES string of the molecule is CSC(C)CNCC(C)C(=O)OCc1ccccc1. The van der Waals surface area contributed by atoms with Crippen LogP contribution in [0.5, 0.6) is 0 Å². The van der Waals surface area contributed by atoms with Crippen molar-refractivity contribution >= 4 is 17.7 Å². The molecule has 2 unspecified atom stereocenters. The van der Waals surface area contributed by atoms with Crippen molar-refractivity contribution in [3.8, 4) is 0 Å². The summed E-state index contributed by atoms with van der Waals surface area (Å²) in [6.45, 7) is 5.99. The number of esters is 1. The molecule has 0 aliphatic heterocycles. The minimum Gasteiger partial charge on any atom is -0.461 e. The van der Waals surface area contributed by atoms with E-state index >= 15 is 0 Å². The normalized spacial score (nSPS) is 13.8. The van der Waals surface area contributed by atoms with E-state index in [1.807, 2.05) is 49.0 Å². The van der Waals surface area contributed by atoms with Crippen LogP contribution in [-0.4, -0.2) is 30.6 Å². The quantitative estimate of drug-likeness (QED) is 0.744. The Bertz CT molecular complexity index is 370. The first-order valence-corrected chi connectivity index (χ1v) is 7.86. The summed E-state index contributed by atoms with van der Waals surface area (Å²) in [6, 6.07) is 9.74. The maximum atomic E-state index is 11.8. The van der Waals surface area contributed by atoms with Gasteiger partial charge < -0.3 is 10.1 Å². The molecular formula is C15H23NO2S. The Balaban J connectivity index is 2.21. The summed E-state index contributed by atoms with van der Waals surface area (Å²) >= 11 is 1.81. The third-order valence-electron chi connectivity index (χ3n) is 2.91. The molecule has 0 aromatic heterocycles. The van der Waals surface area contributed by atoms with Gasteiger partial charge in [0.25, 0.3) is 0 Å². The number of hydrogen-bond donors (Lipinski definition) is 1. The Morgan fingerprint density at radius 2 is 1.95 bits per heavy atom. The molecular weight excluding hydrogens is 258 g/mol. The maximum Gasteiger partial charge on any atom is 0.310 e. The van der Waals surface area contributed by atoms with Gasteiger partial charge >= 0.3 is 5.97 Å². The van der Waals surface area contributed by atoms with Crippen molar-refractivity contribution in [3.05, 3.63) is 35.9 Å². The molecule has 1 aromatic carbocycles. The van der Waals surface area contributed by atoms with Crippen LogP contribution in [0, 0.1) is 5.92 Å². The van der Waals surface area contributed by atoms with E-state index in [1.165, 1.54) is 0 Å². The van der Waals surface area contributed by atoms with Crippen molar-refractivity contribution < 1.29 is 9.53 Å². The lowest BCUT2D eigenvalue weighted by Gasteiger charge is -2.14. The van der Waals surface area contributed by atoms with Crippen LogP contribution in [0.1, 0.15) is 19.4 Å². The van der Waals surface area contributed by atoms with Crippen molar-refractivity contribution in [2.24, 2.45) is 5.92 Å². The van der Waals surface area contributed by atoms with Crippen LogP contribution in [0.4, 0.5) is 0 Å². The van der Waals surface area contributed by atoms with E-state index in [2.05, 4.69) is 18.5 Å². The summed E-state index contributed by atoms with van der Waals surface area (Å²) in [5, 5.41) is 3.86. The highest BCUT2D eigenvalue weighted by molar-refractivity contribution is 7.99. The molecule has 2 atom stereocenters. The summed E-state index contributed by atoms with van der Waals surface area (Å²) in [6.07, 6.45) is 2.09. The molecule has 106 valence electrons. The molecule has 4 heteroatoms. The van der Waals surface area contributed by atoms with E-state index in [4.69, 9.17) is 4.74 Å². The number of benzene rings is 1. The standard InChI is InChI=1S/C15H23NO2S/c1-12(9-16-10-13(2)19-3)15(17)18-11-14-7-5-4-6-8-14/h4-8,12-13,16H,9-11H2,1-3H3. The van der Waals surface area contributed by atoms with Crippen LogP contribution >= 0.6 is 11.8 Å². The summed E-state index contributed by atoms with van der Waals surface area (Å²) in [7, 11) is 0. The van der Waals surface area contributed by atoms with E-state index in [-0.39, 0.29) is 11.9 Å². The lowest BCUT2D eigenvalue weighted by molar-refractivity contribution is -0.149. The number of hydrogen-bond acceptors (Lipinski definition) is 4. The van der Waals surface area contributed by atoms with Crippen LogP contribution in [-0.2, 0) is 16.1 Å². The van der Waals surface area contributed by atoms with E-state index in [9.17, 15) is 4.79 Å². The molecule has 0 amide bonds. The van der Waals surface area contributed by atoms with E-state index in [0.717, 1.165) is 12.1 Å². The summed E-state index contributed by atoms with van der Waals surface area (Å²) in [4.78, 5) is 11.8. The fourth-order valence-electron chi connectivity index (χ4n) is 1.54. The third-order valence-corrected chi connectivity index (χ3v) is 3.88. The first-order chi connectivity index (χ1) is 9.13. The Hall–Kier alpha value is -1.00. The van der Waals surface area contributed by atoms with Crippen molar-refractivity contribution in [3.63, 3.8) is 0 Å². The van der Waals surface area contributed by atoms with E-state index in [1.54, 1.807) is 0 Å². The molecule has 1 rings (SSSR count). The number of carbonyl (C=O) groups excluding carboxylic acids is 1. The first kappa shape index (κ1) is 16.1. The van der Waals surface area contributed by atoms with Gasteiger partial charge in [0.05, 0.1) is 5.92 Å². The Morgan fingerprint density at radius 1 is 1.26 bits per heavy atom. The topological polar surface area (TPSA) is 38.3 Å². The predicted octanol–water partition coefficient (Wildman–Crippen LogP) is 2.71. The molecule has 0 saturated heterocycles. The summed E-state index contributed by atoms with van der Waals surface area (Å²) < 4.78 is 5.29. The van der Waals surface area contributed by atoms with Gasteiger partial charge in [-0.3, -0.25) is 4.79 Å². The highest BCUT2D eigenvalue weighted by Crippen LogP contribution is 2.05. The van der Waals surface area contributed by atoms with Crippen LogP contribution in [0.25, 0.3) is 0 Å². The molecule has 0 radical (unpaired) electrons. The molecule has 0 aliphatic carbocycles. The summed E-state index contributed by atoms with van der Waals surface area (Å²) in [5.41, 5.74) is 1.02. The maximum absolute atomic E-state index is 11.8. The highest BCUT2D eigenvalue weighted by atomic mass is 32.2. The van der Waals surface area contributed by atoms with Gasteiger partial charge in [-0.15, -0.1) is 0 Å². The van der Waals surface area contributed by atoms with Gasteiger partial charge in [-0.1, -0.05) is 44.2 Å². The molecule has 0 spiro atoms. The van der Waals surface area contributed by atoms with Crippen molar-refractivity contribution in [1.29, 1.82) is 0 Å². The van der Waals surface area contributed by atoms with Crippen LogP contribution in [0.3, 0.4) is 0 Å². The molecule has 0 fully saturated rings. The monoisotopic (exact) mass is 281 g/mol. The van der Waals surface area contributed by atoms with Gasteiger partial charge in [0.1, 0.15) is 6.61 Å². The zero-order chi connectivity index (χ0) is 14.1. The number of ether oxygens (including phenoxy) is 1. The van der Waals surface area contributed by atoms with Crippen LogP contribution < -0.4 is 5.32 Å². The molecule has 0 saturated carbocycles. The number of thioether (sulfide) groups is 1. The van der Waals surface area contributed by atoms with Gasteiger partial charge in [-0.2, -0.15) is 11.8 Å². The van der Waals surface area contributed by atoms with E-state index in [0.29, 0.717) is 18.4 Å². The largest absolute Gasteiger partial charge is 0.461 e. The van der Waals surface area contributed by atoms with Gasteiger partial charge in [-0.25, -0.2) is 0 Å². The molecule has 19 heavy (non-hydrogen) atoms. The minimum absolute atomic E-state index is 0.113. The third kappa shape index (κ3) is 6.64. The zero-order valence-corrected chi connectivity index (χ0v) is 12.7. The Labute approximate surface area is 120 Å². The molecule has 1 N–H and O–H groups in total. The number of nitrogens with one attached hydrogen (secondary N) is 1. The second-order valence-electron chi connectivity index (χ2n) is 4.70. The first-order valence-electron chi connectivity index (χ1n) is 6.57. The highest BCUT2D eigenvalue weighted by Gasteiger charge is 2.14. The van der Waals surface area contributed by atoms with Crippen molar-refractivity contribution in [2.45, 2.75) is 25.7 Å². The Kier molecular flexibility index (Phi) is 7.60. The predicted molar refractivity (Wildman–Crippen MR) is 81.2 cm³/mol. The van der Waals surface area contributed by atoms with Crippen molar-refractivity contribution in [2.75, 3.05) is 19.3 Å². The fourth-order valence-corrected chi connectivity index (χ4v) is 1.83. The lowest BCUT2D eigenvalue weighted by Crippen LogP contribution is -2.31. The lowest BCUT2D eigenvalue weighted by atomic mass is 10.2. The molecule has 0 aliphatic rings. The second-order valence-corrected chi connectivity index (χ2v) is 5.98. The van der Waals surface area contributed by atoms with Gasteiger partial charge in [-0.05, 0) is 11.8 Å². The molecule has 1 aromatic rings. The molecule has 0 heterocycles. The molecule has 3 nitrogen and oxygen atoms in total. The van der Waals surface area contributed by atoms with Crippen LogP contribution in [0.2, 0.25) is 0 Å². The average Bonchev–Trinajstić information content (AvgIpc) is 2.45. The van der Waals surface area contributed by atoms with Crippen LogP contribution in [0.15, 0.2) is 30.3 Å². The number of carbonyl (C=O) groups is 1. The van der Waals surface area contributed by atoms with Gasteiger partial charge in [0, 0.05) is 18.3 Å². The average molecular weight is 281 g/mol. The van der Waals surface area contributed by atoms with Crippen molar-refractivity contribution in [1.82, 2.24) is 5.32 Å². The van der Waals surface area contributed by atoms with Gasteiger partial charge in [0.2, 0.25) is 0 Å². The smallest absolute Gasteiger partial charge is 0.310 e. The minimum atomic E-state index is -0.145. The van der Waals surface area contributed by atoms with E-state index < -0.39 is 0 Å². The molecule has 0 bridgehead atoms. The Morgan fingerprint density at radius 3 is 2.58 bits per heavy atom. The van der Waals surface area contributed by atoms with Gasteiger partial charge in [0.15, 0.2) is 0 Å². The second kappa shape index (κ2) is 8.99.